The van der Waals surface area contributed by atoms with Crippen LogP contribution in [0.4, 0.5) is 0 Å². The molecule has 0 bridgehead atoms. The van der Waals surface area contributed by atoms with Crippen molar-refractivity contribution in [3.63, 3.8) is 0 Å². The molecule has 0 aliphatic heterocycles. The van der Waals surface area contributed by atoms with Gasteiger partial charge in [-0.3, -0.25) is 9.38 Å². The molecule has 47 heavy (non-hydrogen) atoms. The first-order valence-corrected chi connectivity index (χ1v) is 15.9. The maximum Gasteiger partial charge on any atom is 0.146 e. The van der Waals surface area contributed by atoms with Crippen molar-refractivity contribution < 1.29 is 0 Å². The molecule has 0 unspecified atom stereocenters. The molecular weight excluding hydrogens is 574 g/mol. The molecule has 11 rings (SSSR count). The van der Waals surface area contributed by atoms with Crippen molar-refractivity contribution in [1.82, 2.24) is 23.5 Å². The highest BCUT2D eigenvalue weighted by Crippen LogP contribution is 2.44. The van der Waals surface area contributed by atoms with Crippen LogP contribution in [0.1, 0.15) is 0 Å². The first-order chi connectivity index (χ1) is 23.3. The summed E-state index contributed by atoms with van der Waals surface area (Å²) in [6.07, 6.45) is 3.91. The number of fused-ring (bicyclic) bond motifs is 15. The molecule has 0 fully saturated rings. The zero-order chi connectivity index (χ0) is 30.6. The molecule has 0 aliphatic carbocycles. The van der Waals surface area contributed by atoms with Gasteiger partial charge in [-0.2, -0.15) is 0 Å². The van der Waals surface area contributed by atoms with E-state index < -0.39 is 0 Å². The molecule has 5 aromatic heterocycles. The summed E-state index contributed by atoms with van der Waals surface area (Å²) in [6, 6.07) is 50.0. The summed E-state index contributed by atoms with van der Waals surface area (Å²) in [6.45, 7) is 0. The van der Waals surface area contributed by atoms with Crippen LogP contribution >= 0.6 is 0 Å². The Morgan fingerprint density at radius 1 is 0.404 bits per heavy atom. The summed E-state index contributed by atoms with van der Waals surface area (Å²) >= 11 is 0. The summed E-state index contributed by atoms with van der Waals surface area (Å²) in [5, 5.41) is 8.31. The molecule has 0 amide bonds. The van der Waals surface area contributed by atoms with Crippen molar-refractivity contribution in [2.45, 2.75) is 0 Å². The van der Waals surface area contributed by atoms with Crippen LogP contribution in [-0.2, 0) is 0 Å². The highest BCUT2D eigenvalue weighted by atomic mass is 15.0. The topological polar surface area (TPSA) is 40.1 Å². The lowest BCUT2D eigenvalue weighted by molar-refractivity contribution is 1.16. The lowest BCUT2D eigenvalue weighted by Gasteiger charge is -2.11. The quantitative estimate of drug-likeness (QED) is 0.186. The largest absolute Gasteiger partial charge is 0.309 e. The Kier molecular flexibility index (Phi) is 4.78. The average Bonchev–Trinajstić information content (AvgIpc) is 3.79. The van der Waals surface area contributed by atoms with Crippen LogP contribution in [0.5, 0.6) is 0 Å². The van der Waals surface area contributed by atoms with Gasteiger partial charge in [0, 0.05) is 61.5 Å². The maximum atomic E-state index is 5.21. The second-order valence-corrected chi connectivity index (χ2v) is 12.3. The Labute approximate surface area is 268 Å². The molecule has 0 radical (unpaired) electrons. The minimum Gasteiger partial charge on any atom is -0.309 e. The Bertz CT molecular complexity index is 3060. The van der Waals surface area contributed by atoms with Crippen LogP contribution in [0, 0.1) is 0 Å². The monoisotopic (exact) mass is 599 g/mol. The van der Waals surface area contributed by atoms with E-state index in [0.717, 1.165) is 55.4 Å². The fraction of sp³-hybridized carbons (Fsp3) is 0. The number of rotatable bonds is 2. The number of pyridine rings is 2. The Morgan fingerprint density at radius 2 is 1.09 bits per heavy atom. The normalized spacial score (nSPS) is 12.3. The molecule has 0 atom stereocenters. The number of hydrogen-bond acceptors (Lipinski definition) is 2. The molecule has 5 heterocycles. The molecule has 0 saturated heterocycles. The third kappa shape index (κ3) is 3.22. The SMILES string of the molecule is c1ccc(-n2c3ccccc3c3cc4c5c6c7cnccc7n7c8ccccc8nc7c6ccc5n(-c5ccccc5)c4cc32)cc1. The molecule has 0 N–H and O–H groups in total. The van der Waals surface area contributed by atoms with E-state index in [1.807, 2.05) is 12.4 Å². The first-order valence-electron chi connectivity index (χ1n) is 15.9. The van der Waals surface area contributed by atoms with Crippen molar-refractivity contribution >= 4 is 82.0 Å². The smallest absolute Gasteiger partial charge is 0.146 e. The molecule has 0 saturated carbocycles. The second-order valence-electron chi connectivity index (χ2n) is 12.3. The van der Waals surface area contributed by atoms with Gasteiger partial charge in [0.1, 0.15) is 5.65 Å². The number of nitrogens with zero attached hydrogens (tertiary/aromatic N) is 5. The van der Waals surface area contributed by atoms with Crippen molar-refractivity contribution in [3.8, 4) is 11.4 Å². The molecule has 0 aliphatic rings. The van der Waals surface area contributed by atoms with Crippen LogP contribution in [0.3, 0.4) is 0 Å². The molecule has 11 aromatic rings. The van der Waals surface area contributed by atoms with Crippen LogP contribution in [0.2, 0.25) is 0 Å². The lowest BCUT2D eigenvalue weighted by atomic mass is 10.00. The van der Waals surface area contributed by atoms with Gasteiger partial charge in [0.05, 0.1) is 38.6 Å². The molecule has 0 spiro atoms. The summed E-state index contributed by atoms with van der Waals surface area (Å²) < 4.78 is 7.11. The van der Waals surface area contributed by atoms with Gasteiger partial charge in [-0.05, 0) is 72.8 Å². The van der Waals surface area contributed by atoms with E-state index in [4.69, 9.17) is 4.98 Å². The van der Waals surface area contributed by atoms with E-state index in [9.17, 15) is 0 Å². The fourth-order valence-electron chi connectivity index (χ4n) is 7.97. The fourth-order valence-corrected chi connectivity index (χ4v) is 7.97. The Morgan fingerprint density at radius 3 is 1.89 bits per heavy atom. The van der Waals surface area contributed by atoms with Crippen LogP contribution in [0.15, 0.2) is 152 Å². The number of hydrogen-bond donors (Lipinski definition) is 0. The number of aromatic nitrogens is 5. The zero-order valence-corrected chi connectivity index (χ0v) is 25.2. The summed E-state index contributed by atoms with van der Waals surface area (Å²) in [5.41, 5.74) is 11.1. The third-order valence-electron chi connectivity index (χ3n) is 9.86. The van der Waals surface area contributed by atoms with Crippen molar-refractivity contribution in [2.75, 3.05) is 0 Å². The predicted molar refractivity (Wildman–Crippen MR) is 194 cm³/mol. The van der Waals surface area contributed by atoms with E-state index in [1.165, 1.54) is 38.0 Å². The Balaban J connectivity index is 1.41. The standard InChI is InChI=1S/C42H25N5/c1-3-11-26(12-4-1)45-34-17-9-7-15-28(34)30-23-31-39(24-38(30)45)46(27-13-5-2-6-14-27)37-20-19-29-40(41(31)37)32-25-43-22-21-35(32)47-36-18-10-8-16-33(36)44-42(29)47/h1-25H. The van der Waals surface area contributed by atoms with E-state index >= 15 is 0 Å². The molecule has 5 heteroatoms. The van der Waals surface area contributed by atoms with Crippen molar-refractivity contribution in [2.24, 2.45) is 0 Å². The van der Waals surface area contributed by atoms with E-state index in [2.05, 4.69) is 158 Å². The number of imidazole rings is 1. The summed E-state index contributed by atoms with van der Waals surface area (Å²) in [7, 11) is 0. The average molecular weight is 600 g/mol. The zero-order valence-electron chi connectivity index (χ0n) is 25.2. The van der Waals surface area contributed by atoms with Gasteiger partial charge in [-0.1, -0.05) is 66.7 Å². The van der Waals surface area contributed by atoms with Gasteiger partial charge in [0.25, 0.3) is 0 Å². The van der Waals surface area contributed by atoms with Crippen LogP contribution in [0.25, 0.3) is 93.3 Å². The van der Waals surface area contributed by atoms with Gasteiger partial charge in [-0.15, -0.1) is 0 Å². The first kappa shape index (κ1) is 24.8. The van der Waals surface area contributed by atoms with Crippen LogP contribution in [-0.4, -0.2) is 23.5 Å². The van der Waals surface area contributed by atoms with Gasteiger partial charge < -0.3 is 9.13 Å². The van der Waals surface area contributed by atoms with Crippen LogP contribution < -0.4 is 0 Å². The number of benzene rings is 6. The van der Waals surface area contributed by atoms with E-state index in [0.29, 0.717) is 0 Å². The number of para-hydroxylation sites is 5. The lowest BCUT2D eigenvalue weighted by Crippen LogP contribution is -1.96. The van der Waals surface area contributed by atoms with Crippen molar-refractivity contribution in [1.29, 1.82) is 0 Å². The van der Waals surface area contributed by atoms with Gasteiger partial charge in [0.15, 0.2) is 0 Å². The predicted octanol–water partition coefficient (Wildman–Crippen LogP) is 10.4. The second kappa shape index (κ2) is 9.05. The van der Waals surface area contributed by atoms with Gasteiger partial charge in [-0.25, -0.2) is 4.98 Å². The highest BCUT2D eigenvalue weighted by Gasteiger charge is 2.22. The molecule has 6 aromatic carbocycles. The van der Waals surface area contributed by atoms with Crippen molar-refractivity contribution in [3.05, 3.63) is 152 Å². The maximum absolute atomic E-state index is 5.21. The minimum atomic E-state index is 0.962. The minimum absolute atomic E-state index is 0.962. The summed E-state index contributed by atoms with van der Waals surface area (Å²) in [5.74, 6) is 0. The third-order valence-corrected chi connectivity index (χ3v) is 9.86. The molecular formula is C42H25N5. The Hall–Kier alpha value is -6.46. The van der Waals surface area contributed by atoms with Gasteiger partial charge in [0.2, 0.25) is 0 Å². The molecule has 218 valence electrons. The molecule has 5 nitrogen and oxygen atoms in total. The van der Waals surface area contributed by atoms with E-state index in [1.54, 1.807) is 0 Å². The highest BCUT2D eigenvalue weighted by molar-refractivity contribution is 6.32. The van der Waals surface area contributed by atoms with E-state index in [-0.39, 0.29) is 0 Å². The van der Waals surface area contributed by atoms with Gasteiger partial charge >= 0.3 is 0 Å². The summed E-state index contributed by atoms with van der Waals surface area (Å²) in [4.78, 5) is 9.88.